The van der Waals surface area contributed by atoms with E-state index in [2.05, 4.69) is 13.5 Å². The number of carboxylic acids is 1. The van der Waals surface area contributed by atoms with Gasteiger partial charge in [-0.3, -0.25) is 4.79 Å². The van der Waals surface area contributed by atoms with Gasteiger partial charge in [-0.05, 0) is 29.8 Å². The van der Waals surface area contributed by atoms with Crippen molar-refractivity contribution < 1.29 is 27.8 Å². The third-order valence-electron chi connectivity index (χ3n) is 4.02. The molecule has 3 aromatic rings. The number of carbonyl (C=O) groups is 1. The zero-order chi connectivity index (χ0) is 20.3. The molecule has 2 aromatic carbocycles. The van der Waals surface area contributed by atoms with Gasteiger partial charge in [-0.25, -0.2) is 13.1 Å². The molecule has 1 unspecified atom stereocenters. The van der Waals surface area contributed by atoms with E-state index in [1.807, 2.05) is 0 Å². The molecule has 148 valence electrons. The first kappa shape index (κ1) is 20.0. The molecule has 0 radical (unpaired) electrons. The lowest BCUT2D eigenvalue weighted by atomic mass is 10.0. The van der Waals surface area contributed by atoms with Gasteiger partial charge in [0.1, 0.15) is 15.9 Å². The number of carboxylic acid groups (broad SMARTS) is 1. The van der Waals surface area contributed by atoms with Crippen molar-refractivity contribution in [3.8, 4) is 11.5 Å². The number of aliphatic carboxylic acids is 1. The predicted octanol–water partition coefficient (Wildman–Crippen LogP) is 2.20. The van der Waals surface area contributed by atoms with Crippen molar-refractivity contribution in [1.29, 1.82) is 0 Å². The van der Waals surface area contributed by atoms with Crippen molar-refractivity contribution >= 4 is 38.8 Å². The summed E-state index contributed by atoms with van der Waals surface area (Å²) in [6, 6.07) is 8.30. The van der Waals surface area contributed by atoms with Crippen molar-refractivity contribution in [2.75, 3.05) is 14.2 Å². The molecule has 1 atom stereocenters. The topological polar surface area (TPSA) is 128 Å². The van der Waals surface area contributed by atoms with Crippen LogP contribution in [0.1, 0.15) is 18.0 Å². The number of nitrogens with one attached hydrogen (secondary N) is 1. The van der Waals surface area contributed by atoms with Gasteiger partial charge < -0.3 is 14.6 Å². The van der Waals surface area contributed by atoms with Crippen LogP contribution in [0.3, 0.4) is 0 Å². The molecule has 0 amide bonds. The van der Waals surface area contributed by atoms with Crippen LogP contribution in [0, 0.1) is 0 Å². The molecule has 2 N–H and O–H groups in total. The molecule has 1 aromatic heterocycles. The molecule has 0 fully saturated rings. The molecular formula is C17H17N3O6S2. The largest absolute Gasteiger partial charge is 0.493 e. The average Bonchev–Trinajstić information content (AvgIpc) is 3.15. The van der Waals surface area contributed by atoms with Crippen molar-refractivity contribution in [1.82, 2.24) is 13.5 Å². The highest BCUT2D eigenvalue weighted by molar-refractivity contribution is 7.89. The number of fused-ring (bicyclic) bond motifs is 1. The third kappa shape index (κ3) is 4.06. The molecule has 9 nitrogen and oxygen atoms in total. The molecule has 28 heavy (non-hydrogen) atoms. The van der Waals surface area contributed by atoms with Gasteiger partial charge in [0.15, 0.2) is 11.5 Å². The Labute approximate surface area is 165 Å². The molecule has 0 saturated heterocycles. The van der Waals surface area contributed by atoms with E-state index in [4.69, 9.17) is 9.47 Å². The zero-order valence-corrected chi connectivity index (χ0v) is 16.6. The summed E-state index contributed by atoms with van der Waals surface area (Å²) >= 11 is 0.901. The Morgan fingerprint density at radius 1 is 1.18 bits per heavy atom. The molecule has 0 aliphatic rings. The molecule has 0 bridgehead atoms. The van der Waals surface area contributed by atoms with E-state index in [0.717, 1.165) is 11.7 Å². The summed E-state index contributed by atoms with van der Waals surface area (Å²) in [4.78, 5) is 11.3. The lowest BCUT2D eigenvalue weighted by Crippen LogP contribution is -2.30. The van der Waals surface area contributed by atoms with Gasteiger partial charge in [0.2, 0.25) is 10.0 Å². The fraction of sp³-hybridized carbons (Fsp3) is 0.235. The second-order valence-corrected chi connectivity index (χ2v) is 7.99. The molecule has 0 aliphatic carbocycles. The smallest absolute Gasteiger partial charge is 0.305 e. The number of sulfonamides is 1. The van der Waals surface area contributed by atoms with Crippen LogP contribution in [0.15, 0.2) is 41.3 Å². The minimum Gasteiger partial charge on any atom is -0.493 e. The van der Waals surface area contributed by atoms with Crippen LogP contribution in [0.2, 0.25) is 0 Å². The lowest BCUT2D eigenvalue weighted by molar-refractivity contribution is -0.137. The number of aromatic nitrogens is 2. The first-order chi connectivity index (χ1) is 13.4. The maximum atomic E-state index is 13.0. The van der Waals surface area contributed by atoms with E-state index in [1.54, 1.807) is 30.3 Å². The number of nitrogens with zero attached hydrogens (tertiary/aromatic N) is 2. The Bertz CT molecular complexity index is 1110. The van der Waals surface area contributed by atoms with Gasteiger partial charge in [-0.15, -0.1) is 0 Å². The van der Waals surface area contributed by atoms with E-state index in [0.29, 0.717) is 22.6 Å². The maximum Gasteiger partial charge on any atom is 0.305 e. The number of ether oxygens (including phenoxy) is 2. The Morgan fingerprint density at radius 2 is 1.93 bits per heavy atom. The number of rotatable bonds is 8. The first-order valence-electron chi connectivity index (χ1n) is 8.03. The van der Waals surface area contributed by atoms with E-state index >= 15 is 0 Å². The van der Waals surface area contributed by atoms with Gasteiger partial charge >= 0.3 is 5.97 Å². The van der Waals surface area contributed by atoms with E-state index in [-0.39, 0.29) is 10.4 Å². The highest BCUT2D eigenvalue weighted by Gasteiger charge is 2.27. The van der Waals surface area contributed by atoms with Crippen LogP contribution in [0.25, 0.3) is 11.0 Å². The van der Waals surface area contributed by atoms with Gasteiger partial charge in [0.05, 0.1) is 38.4 Å². The van der Waals surface area contributed by atoms with Gasteiger partial charge in [0, 0.05) is 0 Å². The van der Waals surface area contributed by atoms with Gasteiger partial charge in [-0.1, -0.05) is 12.1 Å². The van der Waals surface area contributed by atoms with E-state index in [9.17, 15) is 18.3 Å². The number of hydrogen-bond acceptors (Lipinski definition) is 8. The second kappa shape index (κ2) is 8.09. The maximum absolute atomic E-state index is 13.0. The van der Waals surface area contributed by atoms with Crippen molar-refractivity contribution in [3.63, 3.8) is 0 Å². The Kier molecular flexibility index (Phi) is 5.77. The number of benzene rings is 2. The zero-order valence-electron chi connectivity index (χ0n) is 14.9. The summed E-state index contributed by atoms with van der Waals surface area (Å²) in [6.07, 6.45) is -0.458. The van der Waals surface area contributed by atoms with Crippen LogP contribution < -0.4 is 14.2 Å². The van der Waals surface area contributed by atoms with E-state index in [1.165, 1.54) is 20.3 Å². The van der Waals surface area contributed by atoms with Crippen molar-refractivity contribution in [3.05, 3.63) is 42.0 Å². The van der Waals surface area contributed by atoms with Crippen molar-refractivity contribution in [2.45, 2.75) is 17.4 Å². The summed E-state index contributed by atoms with van der Waals surface area (Å²) in [5.74, 6) is -0.349. The summed E-state index contributed by atoms with van der Waals surface area (Å²) in [7, 11) is -1.16. The Hall–Kier alpha value is -2.76. The Balaban J connectivity index is 2.01. The molecule has 1 heterocycles. The lowest BCUT2D eigenvalue weighted by Gasteiger charge is -2.19. The normalized spacial score (nSPS) is 12.6. The van der Waals surface area contributed by atoms with Crippen LogP contribution in [-0.2, 0) is 14.8 Å². The highest BCUT2D eigenvalue weighted by Crippen LogP contribution is 2.32. The van der Waals surface area contributed by atoms with Crippen molar-refractivity contribution in [2.24, 2.45) is 0 Å². The standard InChI is InChI=1S/C17H17N3O6S2/c1-25-13-7-6-10(8-14(13)26-2)12(9-16(21)22)20-28(23,24)15-5-3-4-11-17(15)19-27-18-11/h3-8,12,20H,9H2,1-2H3,(H,21,22). The fourth-order valence-corrected chi connectivity index (χ4v) is 4.71. The fourth-order valence-electron chi connectivity index (χ4n) is 2.72. The van der Waals surface area contributed by atoms with Crippen LogP contribution in [-0.4, -0.2) is 42.5 Å². The van der Waals surface area contributed by atoms with Gasteiger partial charge in [0.25, 0.3) is 0 Å². The molecular weight excluding hydrogens is 406 g/mol. The molecule has 3 rings (SSSR count). The third-order valence-corrected chi connectivity index (χ3v) is 6.07. The quantitative estimate of drug-likeness (QED) is 0.564. The summed E-state index contributed by atoms with van der Waals surface area (Å²) in [6.45, 7) is 0. The van der Waals surface area contributed by atoms with E-state index < -0.39 is 28.5 Å². The minimum atomic E-state index is -4.07. The summed E-state index contributed by atoms with van der Waals surface area (Å²) in [5, 5.41) is 9.27. The van der Waals surface area contributed by atoms with Crippen LogP contribution in [0.5, 0.6) is 11.5 Å². The SMILES string of the molecule is COc1ccc(C(CC(=O)O)NS(=O)(=O)c2cccc3nsnc23)cc1OC. The highest BCUT2D eigenvalue weighted by atomic mass is 32.2. The van der Waals surface area contributed by atoms with Crippen LogP contribution >= 0.6 is 11.7 Å². The molecule has 0 saturated carbocycles. The van der Waals surface area contributed by atoms with Crippen LogP contribution in [0.4, 0.5) is 0 Å². The minimum absolute atomic E-state index is 0.0605. The number of hydrogen-bond donors (Lipinski definition) is 2. The first-order valence-corrected chi connectivity index (χ1v) is 10.2. The summed E-state index contributed by atoms with van der Waals surface area (Å²) < 4.78 is 46.9. The molecule has 11 heteroatoms. The summed E-state index contributed by atoms with van der Waals surface area (Å²) in [5.41, 5.74) is 1.11. The molecule has 0 aliphatic heterocycles. The second-order valence-electron chi connectivity index (χ2n) is 5.77. The van der Waals surface area contributed by atoms with Gasteiger partial charge in [-0.2, -0.15) is 8.75 Å². The average molecular weight is 423 g/mol. The predicted molar refractivity (Wildman–Crippen MR) is 102 cm³/mol. The Morgan fingerprint density at radius 3 is 2.61 bits per heavy atom. The molecule has 0 spiro atoms. The monoisotopic (exact) mass is 423 g/mol. The number of methoxy groups -OCH3 is 2.